The van der Waals surface area contributed by atoms with Crippen molar-refractivity contribution in [1.82, 2.24) is 10.6 Å². The molecule has 23 heavy (non-hydrogen) atoms. The van der Waals surface area contributed by atoms with Crippen LogP contribution in [0.4, 0.5) is 4.79 Å². The van der Waals surface area contributed by atoms with Crippen molar-refractivity contribution in [2.75, 3.05) is 6.61 Å². The van der Waals surface area contributed by atoms with Crippen LogP contribution in [0.3, 0.4) is 0 Å². The van der Waals surface area contributed by atoms with Gasteiger partial charge in [-0.1, -0.05) is 30.3 Å². The maximum absolute atomic E-state index is 11.7. The van der Waals surface area contributed by atoms with Crippen LogP contribution in [0.2, 0.25) is 0 Å². The van der Waals surface area contributed by atoms with Gasteiger partial charge in [-0.3, -0.25) is 0 Å². The summed E-state index contributed by atoms with van der Waals surface area (Å²) < 4.78 is 5.72. The summed E-state index contributed by atoms with van der Waals surface area (Å²) in [4.78, 5) is 11.7. The van der Waals surface area contributed by atoms with E-state index in [-0.39, 0.29) is 18.7 Å². The number of carbonyl (C=O) groups is 1. The van der Waals surface area contributed by atoms with Crippen LogP contribution in [0.5, 0.6) is 11.5 Å². The number of para-hydroxylation sites is 1. The average molecular weight is 314 g/mol. The monoisotopic (exact) mass is 314 g/mol. The van der Waals surface area contributed by atoms with Crippen molar-refractivity contribution in [2.24, 2.45) is 0 Å². The molecule has 2 aromatic rings. The van der Waals surface area contributed by atoms with Gasteiger partial charge in [-0.05, 0) is 43.2 Å². The molecule has 0 aliphatic heterocycles. The molecule has 0 aliphatic rings. The van der Waals surface area contributed by atoms with Crippen molar-refractivity contribution in [3.63, 3.8) is 0 Å². The second-order valence-corrected chi connectivity index (χ2v) is 5.30. The maximum atomic E-state index is 11.7. The van der Waals surface area contributed by atoms with E-state index in [1.165, 1.54) is 0 Å². The molecule has 0 radical (unpaired) electrons. The molecule has 2 rings (SSSR count). The van der Waals surface area contributed by atoms with E-state index in [9.17, 15) is 4.79 Å². The molecule has 1 atom stereocenters. The lowest BCUT2D eigenvalue weighted by Crippen LogP contribution is -2.40. The summed E-state index contributed by atoms with van der Waals surface area (Å²) in [5.41, 5.74) is 0.982. The molecule has 0 aliphatic carbocycles. The Hall–Kier alpha value is -2.53. The first-order valence-electron chi connectivity index (χ1n) is 7.64. The molecular formula is C18H22N2O3. The molecule has 2 amide bonds. The maximum Gasteiger partial charge on any atom is 0.315 e. The predicted molar refractivity (Wildman–Crippen MR) is 89.5 cm³/mol. The lowest BCUT2D eigenvalue weighted by Gasteiger charge is -2.13. The van der Waals surface area contributed by atoms with Crippen LogP contribution in [0.15, 0.2) is 54.6 Å². The van der Waals surface area contributed by atoms with Gasteiger partial charge in [-0.25, -0.2) is 4.79 Å². The normalized spacial score (nSPS) is 11.6. The zero-order chi connectivity index (χ0) is 16.5. The van der Waals surface area contributed by atoms with Crippen molar-refractivity contribution in [3.05, 3.63) is 60.2 Å². The number of aliphatic hydroxyl groups is 1. The summed E-state index contributed by atoms with van der Waals surface area (Å²) >= 11 is 0. The van der Waals surface area contributed by atoms with Crippen LogP contribution >= 0.6 is 0 Å². The zero-order valence-corrected chi connectivity index (χ0v) is 13.2. The number of benzene rings is 2. The summed E-state index contributed by atoms with van der Waals surface area (Å²) in [6.07, 6.45) is 0.541. The van der Waals surface area contributed by atoms with Gasteiger partial charge in [0.2, 0.25) is 0 Å². The highest BCUT2D eigenvalue weighted by Gasteiger charge is 2.06. The number of amides is 2. The number of urea groups is 1. The second kappa shape index (κ2) is 8.80. The molecule has 2 aromatic carbocycles. The van der Waals surface area contributed by atoms with Gasteiger partial charge in [0.25, 0.3) is 0 Å². The first-order chi connectivity index (χ1) is 11.2. The number of aliphatic hydroxyl groups excluding tert-OH is 1. The largest absolute Gasteiger partial charge is 0.457 e. The summed E-state index contributed by atoms with van der Waals surface area (Å²) in [6.45, 7) is 2.35. The van der Waals surface area contributed by atoms with Gasteiger partial charge in [0.05, 0.1) is 0 Å². The third kappa shape index (κ3) is 6.00. The molecule has 3 N–H and O–H groups in total. The van der Waals surface area contributed by atoms with E-state index in [4.69, 9.17) is 9.84 Å². The van der Waals surface area contributed by atoms with Gasteiger partial charge in [0, 0.05) is 19.2 Å². The van der Waals surface area contributed by atoms with E-state index < -0.39 is 0 Å². The van der Waals surface area contributed by atoms with Crippen LogP contribution in [-0.2, 0) is 6.54 Å². The van der Waals surface area contributed by atoms with Crippen molar-refractivity contribution in [2.45, 2.75) is 25.9 Å². The van der Waals surface area contributed by atoms with Gasteiger partial charge >= 0.3 is 6.03 Å². The van der Waals surface area contributed by atoms with Crippen LogP contribution in [0.1, 0.15) is 18.9 Å². The summed E-state index contributed by atoms with van der Waals surface area (Å²) in [7, 11) is 0. The fraction of sp³-hybridized carbons (Fsp3) is 0.278. The van der Waals surface area contributed by atoms with E-state index in [1.807, 2.05) is 61.5 Å². The Kier molecular flexibility index (Phi) is 6.44. The molecule has 0 saturated carbocycles. The lowest BCUT2D eigenvalue weighted by molar-refractivity contribution is 0.230. The topological polar surface area (TPSA) is 70.6 Å². The Morgan fingerprint density at radius 1 is 1.09 bits per heavy atom. The van der Waals surface area contributed by atoms with E-state index in [1.54, 1.807) is 0 Å². The molecule has 0 heterocycles. The number of ether oxygens (including phenoxy) is 1. The third-order valence-electron chi connectivity index (χ3n) is 3.29. The molecule has 5 nitrogen and oxygen atoms in total. The van der Waals surface area contributed by atoms with Gasteiger partial charge < -0.3 is 20.5 Å². The fourth-order valence-corrected chi connectivity index (χ4v) is 2.02. The van der Waals surface area contributed by atoms with E-state index in [2.05, 4.69) is 10.6 Å². The van der Waals surface area contributed by atoms with Crippen molar-refractivity contribution in [1.29, 1.82) is 0 Å². The van der Waals surface area contributed by atoms with Crippen LogP contribution < -0.4 is 15.4 Å². The van der Waals surface area contributed by atoms with Gasteiger partial charge in [0.1, 0.15) is 11.5 Å². The van der Waals surface area contributed by atoms with E-state index in [0.29, 0.717) is 13.0 Å². The highest BCUT2D eigenvalue weighted by Crippen LogP contribution is 2.20. The molecule has 5 heteroatoms. The summed E-state index contributed by atoms with van der Waals surface area (Å²) in [6, 6.07) is 16.8. The molecule has 0 saturated heterocycles. The molecular weight excluding hydrogens is 292 g/mol. The molecule has 122 valence electrons. The lowest BCUT2D eigenvalue weighted by atomic mass is 10.2. The molecule has 0 aromatic heterocycles. The van der Waals surface area contributed by atoms with Crippen LogP contribution in [-0.4, -0.2) is 23.8 Å². The Balaban J connectivity index is 1.80. The number of hydrogen-bond acceptors (Lipinski definition) is 3. The third-order valence-corrected chi connectivity index (χ3v) is 3.29. The number of nitrogens with one attached hydrogen (secondary N) is 2. The minimum Gasteiger partial charge on any atom is -0.457 e. The minimum atomic E-state index is -0.240. The summed E-state index contributed by atoms with van der Waals surface area (Å²) in [5, 5.41) is 14.4. The molecule has 0 unspecified atom stereocenters. The molecule has 0 bridgehead atoms. The summed E-state index contributed by atoms with van der Waals surface area (Å²) in [5.74, 6) is 1.54. The SMILES string of the molecule is C[C@H](CCO)NC(=O)NCc1ccc(Oc2ccccc2)cc1. The zero-order valence-electron chi connectivity index (χ0n) is 13.2. The standard InChI is InChI=1S/C18H22N2O3/c1-14(11-12-21)20-18(22)19-13-15-7-9-17(10-8-15)23-16-5-3-2-4-6-16/h2-10,14,21H,11-13H2,1H3,(H2,19,20,22)/t14-/m1/s1. The number of rotatable bonds is 7. The second-order valence-electron chi connectivity index (χ2n) is 5.30. The van der Waals surface area contributed by atoms with Gasteiger partial charge in [-0.15, -0.1) is 0 Å². The van der Waals surface area contributed by atoms with Gasteiger partial charge in [-0.2, -0.15) is 0 Å². The van der Waals surface area contributed by atoms with Crippen molar-refractivity contribution < 1.29 is 14.6 Å². The van der Waals surface area contributed by atoms with E-state index >= 15 is 0 Å². The number of carbonyl (C=O) groups excluding carboxylic acids is 1. The van der Waals surface area contributed by atoms with Crippen molar-refractivity contribution in [3.8, 4) is 11.5 Å². The minimum absolute atomic E-state index is 0.0540. The molecule has 0 fully saturated rings. The quantitative estimate of drug-likeness (QED) is 0.735. The predicted octanol–water partition coefficient (Wildman–Crippen LogP) is 3.05. The Labute approximate surface area is 136 Å². The first-order valence-corrected chi connectivity index (χ1v) is 7.64. The first kappa shape index (κ1) is 16.8. The molecule has 0 spiro atoms. The Bertz CT molecular complexity index is 599. The van der Waals surface area contributed by atoms with Gasteiger partial charge in [0.15, 0.2) is 0 Å². The number of hydrogen-bond donors (Lipinski definition) is 3. The van der Waals surface area contributed by atoms with Crippen LogP contribution in [0, 0.1) is 0 Å². The highest BCUT2D eigenvalue weighted by atomic mass is 16.5. The fourth-order valence-electron chi connectivity index (χ4n) is 2.02. The van der Waals surface area contributed by atoms with Crippen LogP contribution in [0.25, 0.3) is 0 Å². The smallest absolute Gasteiger partial charge is 0.315 e. The average Bonchev–Trinajstić information content (AvgIpc) is 2.55. The van der Waals surface area contributed by atoms with E-state index in [0.717, 1.165) is 17.1 Å². The Morgan fingerprint density at radius 2 is 1.74 bits per heavy atom. The van der Waals surface area contributed by atoms with Crippen molar-refractivity contribution >= 4 is 6.03 Å². The Morgan fingerprint density at radius 3 is 2.39 bits per heavy atom. The highest BCUT2D eigenvalue weighted by molar-refractivity contribution is 5.74.